The highest BCUT2D eigenvalue weighted by Gasteiger charge is 2.32. The molecule has 0 spiro atoms. The van der Waals surface area contributed by atoms with Crippen LogP contribution in [0.15, 0.2) is 46.2 Å². The topological polar surface area (TPSA) is 114 Å². The molecule has 0 unspecified atom stereocenters. The highest BCUT2D eigenvalue weighted by molar-refractivity contribution is 7.99. The first-order valence-corrected chi connectivity index (χ1v) is 12.5. The standard InChI is InChI=1S/C24H26N6O4S/c1-15-7-9-29(10-8-15)23-26-27-24(30(23)13-17-4-3-11-34-17)35-14-20(31)25-16-5-6-18-19(12-16)22(33)28(2)21(18)32/h3-6,11-12,15H,7-10,13-14H2,1-2H3,(H,25,31). The van der Waals surface area contributed by atoms with E-state index in [1.807, 2.05) is 16.7 Å². The Balaban J connectivity index is 1.28. The average Bonchev–Trinajstić information content (AvgIpc) is 3.56. The normalized spacial score (nSPS) is 16.2. The molecule has 11 heteroatoms. The van der Waals surface area contributed by atoms with E-state index in [1.54, 1.807) is 18.4 Å². The summed E-state index contributed by atoms with van der Waals surface area (Å²) in [6, 6.07) is 8.47. The molecule has 2 aliphatic heterocycles. The van der Waals surface area contributed by atoms with Crippen LogP contribution >= 0.6 is 11.8 Å². The third-order valence-electron chi connectivity index (χ3n) is 6.36. The van der Waals surface area contributed by atoms with E-state index in [9.17, 15) is 14.4 Å². The number of thioether (sulfide) groups is 1. The molecule has 35 heavy (non-hydrogen) atoms. The molecule has 10 nitrogen and oxygen atoms in total. The molecule has 3 amide bonds. The van der Waals surface area contributed by atoms with Crippen LogP contribution in [0.25, 0.3) is 0 Å². The fourth-order valence-electron chi connectivity index (χ4n) is 4.29. The fourth-order valence-corrected chi connectivity index (χ4v) is 5.03. The number of piperidine rings is 1. The number of fused-ring (bicyclic) bond motifs is 1. The van der Waals surface area contributed by atoms with Gasteiger partial charge in [0.15, 0.2) is 5.16 Å². The molecule has 0 bridgehead atoms. The quantitative estimate of drug-likeness (QED) is 0.394. The van der Waals surface area contributed by atoms with Crippen LogP contribution in [-0.4, -0.2) is 63.3 Å². The lowest BCUT2D eigenvalue weighted by Crippen LogP contribution is -2.35. The van der Waals surface area contributed by atoms with E-state index in [1.165, 1.54) is 24.9 Å². The molecule has 5 rings (SSSR count). The second-order valence-corrected chi connectivity index (χ2v) is 9.83. The first-order valence-electron chi connectivity index (χ1n) is 11.5. The number of hydrogen-bond acceptors (Lipinski definition) is 8. The SMILES string of the molecule is CC1CCN(c2nnc(SCC(=O)Nc3ccc4c(c3)C(=O)N(C)C4=O)n2Cc2ccco2)CC1. The van der Waals surface area contributed by atoms with Crippen molar-refractivity contribution in [3.63, 3.8) is 0 Å². The highest BCUT2D eigenvalue weighted by atomic mass is 32.2. The number of carbonyl (C=O) groups is 3. The Morgan fingerprint density at radius 1 is 1.14 bits per heavy atom. The van der Waals surface area contributed by atoms with Gasteiger partial charge in [-0.05, 0) is 49.1 Å². The lowest BCUT2D eigenvalue weighted by molar-refractivity contribution is -0.113. The fraction of sp³-hybridized carbons (Fsp3) is 0.375. The maximum absolute atomic E-state index is 12.7. The van der Waals surface area contributed by atoms with Gasteiger partial charge in [0.2, 0.25) is 11.9 Å². The number of carbonyl (C=O) groups excluding carboxylic acids is 3. The van der Waals surface area contributed by atoms with E-state index >= 15 is 0 Å². The lowest BCUT2D eigenvalue weighted by atomic mass is 10.00. The minimum Gasteiger partial charge on any atom is -0.467 e. The smallest absolute Gasteiger partial charge is 0.261 e. The number of hydrogen-bond donors (Lipinski definition) is 1. The van der Waals surface area contributed by atoms with Gasteiger partial charge in [-0.25, -0.2) is 0 Å². The van der Waals surface area contributed by atoms with Gasteiger partial charge in [0.05, 0.1) is 29.7 Å². The number of anilines is 2. The third-order valence-corrected chi connectivity index (χ3v) is 7.33. The number of nitrogens with zero attached hydrogens (tertiary/aromatic N) is 5. The summed E-state index contributed by atoms with van der Waals surface area (Å²) in [5.41, 5.74) is 1.10. The summed E-state index contributed by atoms with van der Waals surface area (Å²) in [4.78, 5) is 40.3. The maximum Gasteiger partial charge on any atom is 0.261 e. The van der Waals surface area contributed by atoms with E-state index in [0.29, 0.717) is 34.4 Å². The molecule has 2 aromatic heterocycles. The predicted molar refractivity (Wildman–Crippen MR) is 131 cm³/mol. The summed E-state index contributed by atoms with van der Waals surface area (Å²) in [5, 5.41) is 12.2. The zero-order valence-corrected chi connectivity index (χ0v) is 20.4. The van der Waals surface area contributed by atoms with Gasteiger partial charge in [0, 0.05) is 25.8 Å². The molecular formula is C24H26N6O4S. The minimum absolute atomic E-state index is 0.108. The molecule has 1 N–H and O–H groups in total. The van der Waals surface area contributed by atoms with Gasteiger partial charge in [-0.3, -0.25) is 23.9 Å². The summed E-state index contributed by atoms with van der Waals surface area (Å²) in [5.74, 6) is 1.40. The van der Waals surface area contributed by atoms with E-state index in [2.05, 4.69) is 27.3 Å². The molecule has 0 saturated carbocycles. The first-order chi connectivity index (χ1) is 16.9. The van der Waals surface area contributed by atoms with Crippen LogP contribution in [-0.2, 0) is 11.3 Å². The van der Waals surface area contributed by atoms with E-state index in [4.69, 9.17) is 4.42 Å². The molecule has 4 heterocycles. The van der Waals surface area contributed by atoms with Crippen molar-refractivity contribution in [3.8, 4) is 0 Å². The highest BCUT2D eigenvalue weighted by Crippen LogP contribution is 2.28. The average molecular weight is 495 g/mol. The van der Waals surface area contributed by atoms with Crippen molar-refractivity contribution < 1.29 is 18.8 Å². The number of aromatic nitrogens is 3. The van der Waals surface area contributed by atoms with Crippen LogP contribution < -0.4 is 10.2 Å². The number of benzene rings is 1. The molecule has 1 fully saturated rings. The van der Waals surface area contributed by atoms with Crippen molar-refractivity contribution in [1.29, 1.82) is 0 Å². The monoisotopic (exact) mass is 494 g/mol. The summed E-state index contributed by atoms with van der Waals surface area (Å²) in [7, 11) is 1.44. The molecule has 2 aliphatic rings. The van der Waals surface area contributed by atoms with Crippen LogP contribution in [0.1, 0.15) is 46.2 Å². The van der Waals surface area contributed by atoms with Crippen molar-refractivity contribution in [3.05, 3.63) is 53.5 Å². The Morgan fingerprint density at radius 2 is 1.91 bits per heavy atom. The Bertz CT molecular complexity index is 1260. The van der Waals surface area contributed by atoms with Crippen molar-refractivity contribution >= 4 is 41.1 Å². The molecule has 1 saturated heterocycles. The van der Waals surface area contributed by atoms with Crippen LogP contribution in [0.2, 0.25) is 0 Å². The molecule has 0 aliphatic carbocycles. The minimum atomic E-state index is -0.374. The number of nitrogens with one attached hydrogen (secondary N) is 1. The van der Waals surface area contributed by atoms with Gasteiger partial charge >= 0.3 is 0 Å². The molecule has 0 atom stereocenters. The van der Waals surface area contributed by atoms with E-state index in [-0.39, 0.29) is 23.5 Å². The van der Waals surface area contributed by atoms with Crippen LogP contribution in [0.3, 0.4) is 0 Å². The van der Waals surface area contributed by atoms with Gasteiger partial charge in [0.25, 0.3) is 11.8 Å². The number of amides is 3. The van der Waals surface area contributed by atoms with Crippen molar-refractivity contribution in [2.24, 2.45) is 5.92 Å². The molecule has 0 radical (unpaired) electrons. The van der Waals surface area contributed by atoms with Crippen molar-refractivity contribution in [2.75, 3.05) is 36.1 Å². The van der Waals surface area contributed by atoms with E-state index < -0.39 is 0 Å². The molecule has 182 valence electrons. The Hall–Kier alpha value is -3.60. The van der Waals surface area contributed by atoms with Crippen molar-refractivity contribution in [2.45, 2.75) is 31.5 Å². The Morgan fingerprint density at radius 3 is 2.66 bits per heavy atom. The van der Waals surface area contributed by atoms with Gasteiger partial charge in [-0.1, -0.05) is 18.7 Å². The van der Waals surface area contributed by atoms with Gasteiger partial charge in [0.1, 0.15) is 5.76 Å². The van der Waals surface area contributed by atoms with E-state index in [0.717, 1.165) is 42.5 Å². The number of rotatable bonds is 7. The van der Waals surface area contributed by atoms with Crippen LogP contribution in [0.4, 0.5) is 11.6 Å². The summed E-state index contributed by atoms with van der Waals surface area (Å²) >= 11 is 1.29. The largest absolute Gasteiger partial charge is 0.467 e. The van der Waals surface area contributed by atoms with Gasteiger partial charge in [-0.2, -0.15) is 0 Å². The Labute approximate surface area is 206 Å². The maximum atomic E-state index is 12.7. The van der Waals surface area contributed by atoms with Gasteiger partial charge in [-0.15, -0.1) is 10.2 Å². The molecule has 1 aromatic carbocycles. The number of imide groups is 1. The molecule has 3 aromatic rings. The summed E-state index contributed by atoms with van der Waals surface area (Å²) < 4.78 is 7.54. The molecular weight excluding hydrogens is 468 g/mol. The van der Waals surface area contributed by atoms with Crippen LogP contribution in [0, 0.1) is 5.92 Å². The summed E-state index contributed by atoms with van der Waals surface area (Å²) in [6.07, 6.45) is 3.83. The first kappa shape index (κ1) is 23.2. The van der Waals surface area contributed by atoms with Gasteiger partial charge < -0.3 is 14.6 Å². The zero-order chi connectivity index (χ0) is 24.5. The van der Waals surface area contributed by atoms with Crippen LogP contribution in [0.5, 0.6) is 0 Å². The summed E-state index contributed by atoms with van der Waals surface area (Å²) in [6.45, 7) is 4.56. The zero-order valence-electron chi connectivity index (χ0n) is 19.6. The van der Waals surface area contributed by atoms with Crippen molar-refractivity contribution in [1.82, 2.24) is 19.7 Å². The Kier molecular flexibility index (Phi) is 6.33. The second kappa shape index (κ2) is 9.57. The number of furan rings is 1. The second-order valence-electron chi connectivity index (χ2n) is 8.88. The third kappa shape index (κ3) is 4.68. The predicted octanol–water partition coefficient (Wildman–Crippen LogP) is 3.11. The lowest BCUT2D eigenvalue weighted by Gasteiger charge is -2.31.